The molecule has 0 aromatic heterocycles. The summed E-state index contributed by atoms with van der Waals surface area (Å²) in [5, 5.41) is 14.7. The van der Waals surface area contributed by atoms with Crippen molar-refractivity contribution in [2.24, 2.45) is 58.0 Å². The standard InChI is InChI=1S/C32H60N2O/c1-22(2)10-9-11-23(3)26-12-13-27-25-21-30(34-19-8-6-7-18-33)29-20-24(35)14-16-32(29,5)28(25)15-17-31(26,27)4/h22-30,34-35H,6-21,33H2,1-5H3/t23-,24+,25?,26-,27?,28?,29?,30-,31-,32-/m1/s1. The number of aliphatic hydroxyl groups is 1. The van der Waals surface area contributed by atoms with Gasteiger partial charge in [0.05, 0.1) is 6.10 Å². The Morgan fingerprint density at radius 1 is 0.829 bits per heavy atom. The molecule has 0 saturated heterocycles. The zero-order valence-electron chi connectivity index (χ0n) is 24.0. The van der Waals surface area contributed by atoms with Gasteiger partial charge in [0, 0.05) is 6.04 Å². The summed E-state index contributed by atoms with van der Waals surface area (Å²) in [5.41, 5.74) is 6.71. The quantitative estimate of drug-likeness (QED) is 0.270. The van der Waals surface area contributed by atoms with E-state index >= 15 is 0 Å². The van der Waals surface area contributed by atoms with Gasteiger partial charge in [0.1, 0.15) is 0 Å². The second kappa shape index (κ2) is 11.7. The number of unbranched alkanes of at least 4 members (excludes halogenated alkanes) is 2. The number of nitrogens with two attached hydrogens (primary N) is 1. The van der Waals surface area contributed by atoms with Crippen molar-refractivity contribution in [2.75, 3.05) is 13.1 Å². The largest absolute Gasteiger partial charge is 0.393 e. The molecule has 4 aliphatic rings. The Bertz CT molecular complexity index is 666. The van der Waals surface area contributed by atoms with E-state index < -0.39 is 0 Å². The summed E-state index contributed by atoms with van der Waals surface area (Å²) in [6.07, 6.45) is 18.3. The molecule has 35 heavy (non-hydrogen) atoms. The Hall–Kier alpha value is -0.120. The van der Waals surface area contributed by atoms with Gasteiger partial charge in [-0.2, -0.15) is 0 Å². The van der Waals surface area contributed by atoms with Crippen molar-refractivity contribution < 1.29 is 5.11 Å². The molecule has 0 aromatic rings. The zero-order valence-corrected chi connectivity index (χ0v) is 24.0. The van der Waals surface area contributed by atoms with Gasteiger partial charge in [0.2, 0.25) is 0 Å². The monoisotopic (exact) mass is 488 g/mol. The van der Waals surface area contributed by atoms with Gasteiger partial charge in [-0.15, -0.1) is 0 Å². The molecule has 0 amide bonds. The van der Waals surface area contributed by atoms with Gasteiger partial charge >= 0.3 is 0 Å². The predicted octanol–water partition coefficient (Wildman–Crippen LogP) is 7.17. The molecule has 0 radical (unpaired) electrons. The molecule has 4 rings (SSSR count). The third kappa shape index (κ3) is 5.68. The molecule has 4 N–H and O–H groups in total. The van der Waals surface area contributed by atoms with E-state index in [1.165, 1.54) is 70.6 Å². The molecule has 4 aliphatic carbocycles. The van der Waals surface area contributed by atoms with Crippen molar-refractivity contribution in [1.29, 1.82) is 0 Å². The van der Waals surface area contributed by atoms with Crippen LogP contribution in [0.1, 0.15) is 125 Å². The molecule has 4 unspecified atom stereocenters. The van der Waals surface area contributed by atoms with Crippen LogP contribution in [0.3, 0.4) is 0 Å². The molecular formula is C32H60N2O. The molecule has 0 aliphatic heterocycles. The number of fused-ring (bicyclic) bond motifs is 5. The summed E-state index contributed by atoms with van der Waals surface area (Å²) < 4.78 is 0. The number of nitrogens with one attached hydrogen (secondary N) is 1. The maximum Gasteiger partial charge on any atom is 0.0543 e. The Morgan fingerprint density at radius 3 is 2.31 bits per heavy atom. The predicted molar refractivity (Wildman–Crippen MR) is 149 cm³/mol. The average molecular weight is 489 g/mol. The smallest absolute Gasteiger partial charge is 0.0543 e. The molecule has 4 fully saturated rings. The lowest BCUT2D eigenvalue weighted by Crippen LogP contribution is -2.61. The van der Waals surface area contributed by atoms with Crippen molar-refractivity contribution in [3.05, 3.63) is 0 Å². The van der Waals surface area contributed by atoms with Crippen LogP contribution in [-0.2, 0) is 0 Å². The van der Waals surface area contributed by atoms with Gasteiger partial charge in [-0.3, -0.25) is 0 Å². The fourth-order valence-electron chi connectivity index (χ4n) is 10.3. The Balaban J connectivity index is 1.48. The van der Waals surface area contributed by atoms with E-state index in [4.69, 9.17) is 5.73 Å². The number of hydrogen-bond acceptors (Lipinski definition) is 3. The number of aliphatic hydroxyl groups excluding tert-OH is 1. The Morgan fingerprint density at radius 2 is 1.57 bits per heavy atom. The molecule has 0 heterocycles. The van der Waals surface area contributed by atoms with Gasteiger partial charge in [-0.25, -0.2) is 0 Å². The first kappa shape index (κ1) is 27.9. The maximum absolute atomic E-state index is 10.7. The summed E-state index contributed by atoms with van der Waals surface area (Å²) in [6.45, 7) is 14.7. The van der Waals surface area contributed by atoms with Crippen LogP contribution < -0.4 is 11.1 Å². The van der Waals surface area contributed by atoms with Gasteiger partial charge < -0.3 is 16.2 Å². The van der Waals surface area contributed by atoms with Crippen LogP contribution in [0, 0.1) is 52.3 Å². The third-order valence-corrected chi connectivity index (χ3v) is 12.2. The second-order valence-electron chi connectivity index (χ2n) is 14.6. The first-order valence-corrected chi connectivity index (χ1v) is 15.8. The summed E-state index contributed by atoms with van der Waals surface area (Å²) in [4.78, 5) is 0. The van der Waals surface area contributed by atoms with E-state index in [9.17, 15) is 5.11 Å². The van der Waals surface area contributed by atoms with Crippen molar-refractivity contribution in [3.63, 3.8) is 0 Å². The third-order valence-electron chi connectivity index (χ3n) is 12.2. The summed E-state index contributed by atoms with van der Waals surface area (Å²) in [5.74, 6) is 6.00. The molecule has 10 atom stereocenters. The highest BCUT2D eigenvalue weighted by Crippen LogP contribution is 2.68. The highest BCUT2D eigenvalue weighted by molar-refractivity contribution is 5.12. The van der Waals surface area contributed by atoms with Crippen LogP contribution in [0.25, 0.3) is 0 Å². The fourth-order valence-corrected chi connectivity index (χ4v) is 10.3. The van der Waals surface area contributed by atoms with Crippen LogP contribution in [0.2, 0.25) is 0 Å². The second-order valence-corrected chi connectivity index (χ2v) is 14.6. The molecular weight excluding hydrogens is 428 g/mol. The van der Waals surface area contributed by atoms with Gasteiger partial charge in [-0.05, 0) is 130 Å². The Labute approximate surface area is 218 Å². The summed E-state index contributed by atoms with van der Waals surface area (Å²) in [7, 11) is 0. The SMILES string of the molecule is CC(C)CCC[C@@H](C)[C@H]1CCC2C3C[C@@H](NCCCCCN)C4C[C@@H](O)CC[C@]4(C)C3CC[C@@]21C. The van der Waals surface area contributed by atoms with E-state index in [-0.39, 0.29) is 6.10 Å². The fraction of sp³-hybridized carbons (Fsp3) is 1.00. The first-order valence-electron chi connectivity index (χ1n) is 15.8. The van der Waals surface area contributed by atoms with Crippen LogP contribution in [0.15, 0.2) is 0 Å². The van der Waals surface area contributed by atoms with Crippen LogP contribution in [0.4, 0.5) is 0 Å². The van der Waals surface area contributed by atoms with E-state index in [2.05, 4.69) is 39.9 Å². The van der Waals surface area contributed by atoms with Gasteiger partial charge in [-0.1, -0.05) is 60.3 Å². The molecule has 204 valence electrons. The molecule has 3 heteroatoms. The van der Waals surface area contributed by atoms with E-state index in [1.807, 2.05) is 0 Å². The number of hydrogen-bond donors (Lipinski definition) is 3. The van der Waals surface area contributed by atoms with Crippen molar-refractivity contribution in [1.82, 2.24) is 5.32 Å². The van der Waals surface area contributed by atoms with E-state index in [0.717, 1.165) is 67.9 Å². The van der Waals surface area contributed by atoms with Crippen molar-refractivity contribution in [2.45, 2.75) is 137 Å². The minimum atomic E-state index is -0.0810. The number of rotatable bonds is 11. The molecule has 4 saturated carbocycles. The lowest BCUT2D eigenvalue weighted by molar-refractivity contribution is -0.141. The first-order chi connectivity index (χ1) is 16.7. The highest BCUT2D eigenvalue weighted by Gasteiger charge is 2.62. The van der Waals surface area contributed by atoms with E-state index in [0.29, 0.717) is 22.8 Å². The normalized spacial score (nSPS) is 44.1. The lowest BCUT2D eigenvalue weighted by Gasteiger charge is -2.63. The van der Waals surface area contributed by atoms with Crippen LogP contribution >= 0.6 is 0 Å². The molecule has 0 bridgehead atoms. The Kier molecular flexibility index (Phi) is 9.35. The van der Waals surface area contributed by atoms with Gasteiger partial charge in [0.25, 0.3) is 0 Å². The van der Waals surface area contributed by atoms with E-state index in [1.54, 1.807) is 0 Å². The summed E-state index contributed by atoms with van der Waals surface area (Å²) >= 11 is 0. The van der Waals surface area contributed by atoms with Crippen molar-refractivity contribution in [3.8, 4) is 0 Å². The average Bonchev–Trinajstić information content (AvgIpc) is 3.17. The summed E-state index contributed by atoms with van der Waals surface area (Å²) in [6, 6.07) is 0.596. The van der Waals surface area contributed by atoms with Crippen LogP contribution in [-0.4, -0.2) is 30.3 Å². The highest BCUT2D eigenvalue weighted by atomic mass is 16.3. The zero-order chi connectivity index (χ0) is 25.2. The van der Waals surface area contributed by atoms with Crippen molar-refractivity contribution >= 4 is 0 Å². The van der Waals surface area contributed by atoms with Gasteiger partial charge in [0.15, 0.2) is 0 Å². The lowest BCUT2D eigenvalue weighted by atomic mass is 9.43. The minimum Gasteiger partial charge on any atom is -0.393 e. The maximum atomic E-state index is 10.7. The topological polar surface area (TPSA) is 58.3 Å². The molecule has 0 spiro atoms. The van der Waals surface area contributed by atoms with Crippen LogP contribution in [0.5, 0.6) is 0 Å². The minimum absolute atomic E-state index is 0.0810. The molecule has 3 nitrogen and oxygen atoms in total. The molecule has 0 aromatic carbocycles.